The van der Waals surface area contributed by atoms with Gasteiger partial charge in [-0.15, -0.1) is 11.3 Å². The normalized spacial score (nSPS) is 10.5. The number of carbonyl (C=O) groups excluding carboxylic acids is 1. The zero-order valence-corrected chi connectivity index (χ0v) is 17.0. The SMILES string of the molecule is COc1ccccc1-c1nc(COC(=O)CCOc2cc(C)ccc2C)cs1. The number of aromatic nitrogens is 1. The van der Waals surface area contributed by atoms with Crippen molar-refractivity contribution in [1.29, 1.82) is 0 Å². The van der Waals surface area contributed by atoms with Crippen molar-refractivity contribution in [3.63, 3.8) is 0 Å². The Kier molecular flexibility index (Phi) is 6.66. The number of hydrogen-bond acceptors (Lipinski definition) is 6. The highest BCUT2D eigenvalue weighted by molar-refractivity contribution is 7.13. The van der Waals surface area contributed by atoms with E-state index < -0.39 is 0 Å². The first-order valence-corrected chi connectivity index (χ1v) is 9.88. The molecule has 3 rings (SSSR count). The first-order chi connectivity index (χ1) is 13.6. The van der Waals surface area contributed by atoms with Crippen molar-refractivity contribution in [2.24, 2.45) is 0 Å². The van der Waals surface area contributed by atoms with Crippen molar-refractivity contribution in [1.82, 2.24) is 4.98 Å². The van der Waals surface area contributed by atoms with E-state index in [0.717, 1.165) is 38.9 Å². The van der Waals surface area contributed by atoms with E-state index in [1.807, 2.05) is 61.7 Å². The van der Waals surface area contributed by atoms with Crippen molar-refractivity contribution in [2.45, 2.75) is 26.9 Å². The fourth-order valence-corrected chi connectivity index (χ4v) is 3.49. The van der Waals surface area contributed by atoms with Gasteiger partial charge in [0.2, 0.25) is 0 Å². The van der Waals surface area contributed by atoms with Crippen molar-refractivity contribution in [2.75, 3.05) is 13.7 Å². The molecule has 0 atom stereocenters. The van der Waals surface area contributed by atoms with E-state index in [1.54, 1.807) is 7.11 Å². The van der Waals surface area contributed by atoms with Gasteiger partial charge in [0.15, 0.2) is 0 Å². The number of benzene rings is 2. The zero-order valence-electron chi connectivity index (χ0n) is 16.2. The molecule has 0 radical (unpaired) electrons. The van der Waals surface area contributed by atoms with E-state index in [1.165, 1.54) is 11.3 Å². The third-order valence-corrected chi connectivity index (χ3v) is 5.10. The minimum atomic E-state index is -0.308. The highest BCUT2D eigenvalue weighted by atomic mass is 32.1. The Morgan fingerprint density at radius 3 is 2.75 bits per heavy atom. The lowest BCUT2D eigenvalue weighted by atomic mass is 10.1. The summed E-state index contributed by atoms with van der Waals surface area (Å²) in [6.07, 6.45) is 0.191. The van der Waals surface area contributed by atoms with Gasteiger partial charge in [0.25, 0.3) is 0 Å². The predicted octanol–water partition coefficient (Wildman–Crippen LogP) is 4.95. The minimum absolute atomic E-state index is 0.147. The molecule has 1 aromatic heterocycles. The van der Waals surface area contributed by atoms with E-state index in [2.05, 4.69) is 4.98 Å². The Morgan fingerprint density at radius 1 is 1.11 bits per heavy atom. The first-order valence-electron chi connectivity index (χ1n) is 9.00. The first kappa shape index (κ1) is 19.9. The van der Waals surface area contributed by atoms with Crippen LogP contribution in [0.4, 0.5) is 0 Å². The molecule has 146 valence electrons. The number of methoxy groups -OCH3 is 1. The molecule has 0 bridgehead atoms. The number of rotatable bonds is 8. The summed E-state index contributed by atoms with van der Waals surface area (Å²) >= 11 is 1.49. The summed E-state index contributed by atoms with van der Waals surface area (Å²) in [7, 11) is 1.63. The molecular weight excluding hydrogens is 374 g/mol. The summed E-state index contributed by atoms with van der Waals surface area (Å²) in [5, 5.41) is 2.73. The van der Waals surface area contributed by atoms with Gasteiger partial charge in [-0.1, -0.05) is 24.3 Å². The third-order valence-electron chi connectivity index (χ3n) is 4.18. The number of carbonyl (C=O) groups is 1. The Labute approximate surface area is 168 Å². The molecule has 0 fully saturated rings. The van der Waals surface area contributed by atoms with Gasteiger partial charge in [0.1, 0.15) is 23.1 Å². The molecule has 0 aliphatic carbocycles. The van der Waals surface area contributed by atoms with Gasteiger partial charge < -0.3 is 14.2 Å². The molecule has 2 aromatic carbocycles. The van der Waals surface area contributed by atoms with Gasteiger partial charge in [-0.05, 0) is 43.2 Å². The van der Waals surface area contributed by atoms with E-state index in [4.69, 9.17) is 14.2 Å². The fraction of sp³-hybridized carbons (Fsp3) is 0.273. The number of aryl methyl sites for hydroxylation is 2. The monoisotopic (exact) mass is 397 g/mol. The molecule has 5 nitrogen and oxygen atoms in total. The largest absolute Gasteiger partial charge is 0.496 e. The molecule has 28 heavy (non-hydrogen) atoms. The van der Waals surface area contributed by atoms with Crippen LogP contribution in [-0.4, -0.2) is 24.7 Å². The number of para-hydroxylation sites is 1. The molecular formula is C22H23NO4S. The van der Waals surface area contributed by atoms with E-state index in [9.17, 15) is 4.79 Å². The average molecular weight is 397 g/mol. The summed E-state index contributed by atoms with van der Waals surface area (Å²) in [4.78, 5) is 16.5. The summed E-state index contributed by atoms with van der Waals surface area (Å²) < 4.78 is 16.4. The lowest BCUT2D eigenvalue weighted by molar-refractivity contribution is -0.145. The second-order valence-corrected chi connectivity index (χ2v) is 7.23. The Hall–Kier alpha value is -2.86. The smallest absolute Gasteiger partial charge is 0.309 e. The zero-order chi connectivity index (χ0) is 19.9. The average Bonchev–Trinajstić information content (AvgIpc) is 3.18. The molecule has 0 saturated carbocycles. The van der Waals surface area contributed by atoms with Crippen LogP contribution < -0.4 is 9.47 Å². The van der Waals surface area contributed by atoms with Gasteiger partial charge >= 0.3 is 5.97 Å². The highest BCUT2D eigenvalue weighted by Crippen LogP contribution is 2.32. The third kappa shape index (κ3) is 5.10. The van der Waals surface area contributed by atoms with Crippen LogP contribution in [0.1, 0.15) is 23.2 Å². The number of thiazole rings is 1. The lowest BCUT2D eigenvalue weighted by Gasteiger charge is -2.09. The Morgan fingerprint density at radius 2 is 1.93 bits per heavy atom. The molecule has 6 heteroatoms. The van der Waals surface area contributed by atoms with Gasteiger partial charge in [0, 0.05) is 5.38 Å². The Bertz CT molecular complexity index is 951. The van der Waals surface area contributed by atoms with Crippen LogP contribution in [0.2, 0.25) is 0 Å². The number of ether oxygens (including phenoxy) is 3. The van der Waals surface area contributed by atoms with Gasteiger partial charge in [-0.3, -0.25) is 4.79 Å². The number of nitrogens with zero attached hydrogens (tertiary/aromatic N) is 1. The summed E-state index contributed by atoms with van der Waals surface area (Å²) in [6.45, 7) is 4.42. The lowest BCUT2D eigenvalue weighted by Crippen LogP contribution is -2.10. The van der Waals surface area contributed by atoms with Crippen LogP contribution in [0.5, 0.6) is 11.5 Å². The number of hydrogen-bond donors (Lipinski definition) is 0. The maximum absolute atomic E-state index is 12.0. The molecule has 0 aliphatic rings. The van der Waals surface area contributed by atoms with Crippen LogP contribution in [0.3, 0.4) is 0 Å². The maximum atomic E-state index is 12.0. The van der Waals surface area contributed by atoms with Gasteiger partial charge in [-0.2, -0.15) is 0 Å². The standard InChI is InChI=1S/C22H23NO4S/c1-15-8-9-16(2)20(12-15)26-11-10-21(24)27-13-17-14-28-22(23-17)18-6-4-5-7-19(18)25-3/h4-9,12,14H,10-11,13H2,1-3H3. The van der Waals surface area contributed by atoms with Crippen LogP contribution >= 0.6 is 11.3 Å². The van der Waals surface area contributed by atoms with Crippen LogP contribution in [-0.2, 0) is 16.1 Å². The van der Waals surface area contributed by atoms with Crippen molar-refractivity contribution in [3.05, 3.63) is 64.7 Å². The van der Waals surface area contributed by atoms with Gasteiger partial charge in [0.05, 0.1) is 31.4 Å². The van der Waals surface area contributed by atoms with Crippen molar-refractivity contribution < 1.29 is 19.0 Å². The molecule has 0 amide bonds. The van der Waals surface area contributed by atoms with Crippen LogP contribution in [0.15, 0.2) is 47.8 Å². The van der Waals surface area contributed by atoms with Crippen molar-refractivity contribution >= 4 is 17.3 Å². The minimum Gasteiger partial charge on any atom is -0.496 e. The molecule has 3 aromatic rings. The quantitative estimate of drug-likeness (QED) is 0.504. The fourth-order valence-electron chi connectivity index (χ4n) is 2.65. The Balaban J connectivity index is 1.49. The molecule has 0 aliphatic heterocycles. The molecule has 0 N–H and O–H groups in total. The van der Waals surface area contributed by atoms with Crippen LogP contribution in [0.25, 0.3) is 10.6 Å². The van der Waals surface area contributed by atoms with E-state index >= 15 is 0 Å². The molecule has 0 saturated heterocycles. The van der Waals surface area contributed by atoms with Gasteiger partial charge in [-0.25, -0.2) is 4.98 Å². The summed E-state index contributed by atoms with van der Waals surface area (Å²) in [6, 6.07) is 13.7. The highest BCUT2D eigenvalue weighted by Gasteiger charge is 2.11. The second-order valence-electron chi connectivity index (χ2n) is 6.37. The van der Waals surface area contributed by atoms with E-state index in [0.29, 0.717) is 0 Å². The maximum Gasteiger partial charge on any atom is 0.309 e. The topological polar surface area (TPSA) is 57.7 Å². The van der Waals surface area contributed by atoms with Crippen molar-refractivity contribution in [3.8, 4) is 22.1 Å². The number of esters is 1. The predicted molar refractivity (Wildman–Crippen MR) is 110 cm³/mol. The molecule has 1 heterocycles. The molecule has 0 unspecified atom stereocenters. The second kappa shape index (κ2) is 9.37. The van der Waals surface area contributed by atoms with Crippen LogP contribution in [0, 0.1) is 13.8 Å². The van der Waals surface area contributed by atoms with E-state index in [-0.39, 0.29) is 25.6 Å². The summed E-state index contributed by atoms with van der Waals surface area (Å²) in [5.74, 6) is 1.26. The molecule has 0 spiro atoms. The summed E-state index contributed by atoms with van der Waals surface area (Å²) in [5.41, 5.74) is 3.81.